The molecule has 9 heteroatoms. The standard InChI is InChI=1S/C25H37N7O2/c1-28(2)15-20-16-32(27-26-20)17-21-14-19-8-9-31(21)18-22(19)25(33)30-12-10-29(11-13-30)23-6-4-5-7-24(23)34-3/h4-7,16,19,21-22H,8-15,17-18H2,1-3H3/t19?,21-,22+/m1/s1. The van der Waals surface area contributed by atoms with E-state index in [1.54, 1.807) is 7.11 Å². The number of benzene rings is 1. The highest BCUT2D eigenvalue weighted by Crippen LogP contribution is 2.38. The molecule has 2 unspecified atom stereocenters. The minimum absolute atomic E-state index is 0.128. The summed E-state index contributed by atoms with van der Waals surface area (Å²) in [4.78, 5) is 22.5. The van der Waals surface area contributed by atoms with Crippen LogP contribution in [0, 0.1) is 11.8 Å². The molecule has 4 aliphatic heterocycles. The zero-order valence-electron chi connectivity index (χ0n) is 20.6. The van der Waals surface area contributed by atoms with E-state index in [1.165, 1.54) is 0 Å². The number of rotatable bonds is 7. The fourth-order valence-electron chi connectivity index (χ4n) is 5.94. The summed E-state index contributed by atoms with van der Waals surface area (Å²) in [6, 6.07) is 8.58. The van der Waals surface area contributed by atoms with Crippen LogP contribution in [0.15, 0.2) is 30.5 Å². The van der Waals surface area contributed by atoms with Crippen molar-refractivity contribution in [3.8, 4) is 5.75 Å². The summed E-state index contributed by atoms with van der Waals surface area (Å²) < 4.78 is 7.52. The third kappa shape index (κ3) is 4.77. The first kappa shape index (κ1) is 23.1. The third-order valence-corrected chi connectivity index (χ3v) is 7.68. The Balaban J connectivity index is 1.16. The van der Waals surface area contributed by atoms with E-state index in [0.29, 0.717) is 17.9 Å². The highest BCUT2D eigenvalue weighted by atomic mass is 16.5. The molecule has 4 atom stereocenters. The summed E-state index contributed by atoms with van der Waals surface area (Å²) >= 11 is 0. The minimum atomic E-state index is 0.128. The van der Waals surface area contributed by atoms with Gasteiger partial charge in [0, 0.05) is 51.5 Å². The Morgan fingerprint density at radius 2 is 1.94 bits per heavy atom. The zero-order chi connectivity index (χ0) is 23.7. The van der Waals surface area contributed by atoms with Crippen molar-refractivity contribution in [1.82, 2.24) is 29.7 Å². The maximum atomic E-state index is 13.5. The predicted octanol–water partition coefficient (Wildman–Crippen LogP) is 1.41. The van der Waals surface area contributed by atoms with Crippen molar-refractivity contribution in [2.75, 3.05) is 65.4 Å². The first-order valence-electron chi connectivity index (χ1n) is 12.5. The molecule has 0 saturated carbocycles. The normalized spacial score (nSPS) is 26.8. The molecule has 0 radical (unpaired) electrons. The number of amides is 1. The van der Waals surface area contributed by atoms with Gasteiger partial charge in [0.25, 0.3) is 0 Å². The number of hydrogen-bond acceptors (Lipinski definition) is 7. The Labute approximate surface area is 202 Å². The van der Waals surface area contributed by atoms with Crippen LogP contribution < -0.4 is 9.64 Å². The van der Waals surface area contributed by atoms with E-state index in [2.05, 4.69) is 42.2 Å². The fourth-order valence-corrected chi connectivity index (χ4v) is 5.94. The molecule has 1 aromatic carbocycles. The second-order valence-corrected chi connectivity index (χ2v) is 10.2. The Morgan fingerprint density at radius 3 is 2.65 bits per heavy atom. The maximum Gasteiger partial charge on any atom is 0.227 e. The van der Waals surface area contributed by atoms with Crippen LogP contribution in [0.4, 0.5) is 5.69 Å². The minimum Gasteiger partial charge on any atom is -0.495 e. The Hall–Kier alpha value is -2.65. The Bertz CT molecular complexity index is 985. The summed E-state index contributed by atoms with van der Waals surface area (Å²) in [5.41, 5.74) is 2.12. The smallest absolute Gasteiger partial charge is 0.227 e. The summed E-state index contributed by atoms with van der Waals surface area (Å²) in [5, 5.41) is 8.65. The van der Waals surface area contributed by atoms with Gasteiger partial charge in [-0.2, -0.15) is 0 Å². The van der Waals surface area contributed by atoms with Crippen LogP contribution in [0.5, 0.6) is 5.75 Å². The van der Waals surface area contributed by atoms with Gasteiger partial charge >= 0.3 is 0 Å². The first-order chi connectivity index (χ1) is 16.5. The molecule has 0 spiro atoms. The van der Waals surface area contributed by atoms with Crippen molar-refractivity contribution in [2.45, 2.75) is 32.0 Å². The lowest BCUT2D eigenvalue weighted by Gasteiger charge is -2.50. The van der Waals surface area contributed by atoms with Crippen molar-refractivity contribution < 1.29 is 9.53 Å². The highest BCUT2D eigenvalue weighted by Gasteiger charge is 2.44. The average Bonchev–Trinajstić information content (AvgIpc) is 3.30. The third-order valence-electron chi connectivity index (χ3n) is 7.68. The second kappa shape index (κ2) is 9.92. The van der Waals surface area contributed by atoms with Gasteiger partial charge in [-0.05, 0) is 51.5 Å². The van der Waals surface area contributed by atoms with Crippen LogP contribution in [-0.4, -0.2) is 102 Å². The number of carbonyl (C=O) groups excluding carboxylic acids is 1. The largest absolute Gasteiger partial charge is 0.495 e. The van der Waals surface area contributed by atoms with Gasteiger partial charge in [-0.3, -0.25) is 14.4 Å². The van der Waals surface area contributed by atoms with E-state index >= 15 is 0 Å². The van der Waals surface area contributed by atoms with E-state index in [-0.39, 0.29) is 5.92 Å². The van der Waals surface area contributed by atoms with Crippen LogP contribution in [0.3, 0.4) is 0 Å². The number of hydrogen-bond donors (Lipinski definition) is 0. The predicted molar refractivity (Wildman–Crippen MR) is 131 cm³/mol. The van der Waals surface area contributed by atoms with Gasteiger partial charge in [0.05, 0.1) is 31.0 Å². The number of carbonyl (C=O) groups is 1. The molecule has 4 saturated heterocycles. The molecule has 5 heterocycles. The highest BCUT2D eigenvalue weighted by molar-refractivity contribution is 5.80. The molecule has 1 aromatic heterocycles. The number of piperazine rings is 1. The number of nitrogens with zero attached hydrogens (tertiary/aromatic N) is 7. The molecule has 4 aliphatic rings. The van der Waals surface area contributed by atoms with Crippen molar-refractivity contribution >= 4 is 11.6 Å². The van der Waals surface area contributed by atoms with Crippen LogP contribution in [0.25, 0.3) is 0 Å². The maximum absolute atomic E-state index is 13.5. The zero-order valence-corrected chi connectivity index (χ0v) is 20.6. The first-order valence-corrected chi connectivity index (χ1v) is 12.5. The van der Waals surface area contributed by atoms with Crippen LogP contribution in [-0.2, 0) is 17.9 Å². The van der Waals surface area contributed by atoms with Crippen molar-refractivity contribution in [3.05, 3.63) is 36.2 Å². The molecular formula is C25H37N7O2. The van der Waals surface area contributed by atoms with Gasteiger partial charge in [-0.25, -0.2) is 0 Å². The number of methoxy groups -OCH3 is 1. The summed E-state index contributed by atoms with van der Waals surface area (Å²) in [6.07, 6.45) is 4.25. The van der Waals surface area contributed by atoms with Gasteiger partial charge < -0.3 is 19.4 Å². The summed E-state index contributed by atoms with van der Waals surface area (Å²) in [7, 11) is 5.80. The SMILES string of the molecule is COc1ccccc1N1CCN(C(=O)[C@H]2CN3CCC2C[C@@H]3Cn2cc(CN(C)C)nn2)CC1. The molecule has 9 nitrogen and oxygen atoms in total. The molecule has 4 fully saturated rings. The number of aromatic nitrogens is 3. The Morgan fingerprint density at radius 1 is 1.15 bits per heavy atom. The van der Waals surface area contributed by atoms with Crippen LogP contribution in [0.1, 0.15) is 18.5 Å². The fraction of sp³-hybridized carbons (Fsp3) is 0.640. The number of ether oxygens (including phenoxy) is 1. The van der Waals surface area contributed by atoms with Crippen molar-refractivity contribution in [3.63, 3.8) is 0 Å². The average molecular weight is 468 g/mol. The number of para-hydroxylation sites is 2. The van der Waals surface area contributed by atoms with Crippen LogP contribution in [0.2, 0.25) is 0 Å². The van der Waals surface area contributed by atoms with Crippen molar-refractivity contribution in [2.24, 2.45) is 11.8 Å². The molecule has 0 N–H and O–H groups in total. The van der Waals surface area contributed by atoms with Gasteiger partial charge in [0.2, 0.25) is 5.91 Å². The molecule has 1 amide bonds. The van der Waals surface area contributed by atoms with Crippen molar-refractivity contribution in [1.29, 1.82) is 0 Å². The second-order valence-electron chi connectivity index (χ2n) is 10.2. The van der Waals surface area contributed by atoms with E-state index in [0.717, 1.165) is 82.3 Å². The van der Waals surface area contributed by atoms with E-state index < -0.39 is 0 Å². The lowest BCUT2D eigenvalue weighted by Crippen LogP contribution is -2.60. The molecule has 184 valence electrons. The van der Waals surface area contributed by atoms with Gasteiger partial charge in [0.1, 0.15) is 5.75 Å². The lowest BCUT2D eigenvalue weighted by atomic mass is 9.75. The number of piperidine rings is 3. The van der Waals surface area contributed by atoms with Gasteiger partial charge in [-0.15, -0.1) is 5.10 Å². The number of fused-ring (bicyclic) bond motifs is 3. The van der Waals surface area contributed by atoms with Crippen LogP contribution >= 0.6 is 0 Å². The summed E-state index contributed by atoms with van der Waals surface area (Å²) in [5.74, 6) is 1.84. The molecule has 2 bridgehead atoms. The molecule has 6 rings (SSSR count). The molecular weight excluding hydrogens is 430 g/mol. The van der Waals surface area contributed by atoms with E-state index in [1.807, 2.05) is 37.0 Å². The van der Waals surface area contributed by atoms with E-state index in [9.17, 15) is 4.79 Å². The molecule has 2 aromatic rings. The van der Waals surface area contributed by atoms with Gasteiger partial charge in [-0.1, -0.05) is 17.3 Å². The lowest BCUT2D eigenvalue weighted by molar-refractivity contribution is -0.144. The molecule has 34 heavy (non-hydrogen) atoms. The molecule has 0 aliphatic carbocycles. The Kier molecular flexibility index (Phi) is 6.74. The summed E-state index contributed by atoms with van der Waals surface area (Å²) in [6.45, 7) is 6.86. The van der Waals surface area contributed by atoms with E-state index in [4.69, 9.17) is 4.74 Å². The van der Waals surface area contributed by atoms with Gasteiger partial charge in [0.15, 0.2) is 0 Å². The topological polar surface area (TPSA) is 70.0 Å². The number of anilines is 1. The quantitative estimate of drug-likeness (QED) is 0.610. The monoisotopic (exact) mass is 467 g/mol.